The summed E-state index contributed by atoms with van der Waals surface area (Å²) < 4.78 is 0. The SMILES string of the molecule is CC(=O)Nc1ccc(C(=O)NCCc2ccc(-c3csc(C)n3)cc2)cc1. The Labute approximate surface area is 162 Å². The molecule has 0 spiro atoms. The van der Waals surface area contributed by atoms with E-state index in [0.29, 0.717) is 17.8 Å². The largest absolute Gasteiger partial charge is 0.352 e. The maximum absolute atomic E-state index is 12.2. The first kappa shape index (κ1) is 18.8. The average Bonchev–Trinajstić information content (AvgIpc) is 3.09. The fourth-order valence-corrected chi connectivity index (χ4v) is 3.29. The Morgan fingerprint density at radius 2 is 1.74 bits per heavy atom. The molecule has 0 aliphatic rings. The van der Waals surface area contributed by atoms with Crippen molar-refractivity contribution in [1.29, 1.82) is 0 Å². The van der Waals surface area contributed by atoms with Gasteiger partial charge in [-0.1, -0.05) is 24.3 Å². The van der Waals surface area contributed by atoms with Crippen molar-refractivity contribution in [3.63, 3.8) is 0 Å². The third-order valence-corrected chi connectivity index (χ3v) is 4.81. The number of rotatable bonds is 6. The van der Waals surface area contributed by atoms with E-state index in [4.69, 9.17) is 0 Å². The second kappa shape index (κ2) is 8.60. The average molecular weight is 379 g/mol. The molecule has 3 aromatic rings. The minimum Gasteiger partial charge on any atom is -0.352 e. The number of thiazole rings is 1. The highest BCUT2D eigenvalue weighted by atomic mass is 32.1. The van der Waals surface area contributed by atoms with Crippen LogP contribution in [-0.4, -0.2) is 23.3 Å². The summed E-state index contributed by atoms with van der Waals surface area (Å²) in [7, 11) is 0. The summed E-state index contributed by atoms with van der Waals surface area (Å²) in [5.74, 6) is -0.262. The highest BCUT2D eigenvalue weighted by molar-refractivity contribution is 7.09. The number of carbonyl (C=O) groups is 2. The third-order valence-electron chi connectivity index (χ3n) is 4.04. The summed E-state index contributed by atoms with van der Waals surface area (Å²) in [5.41, 5.74) is 4.51. The predicted octanol–water partition coefficient (Wildman–Crippen LogP) is 4.05. The van der Waals surface area contributed by atoms with E-state index in [9.17, 15) is 9.59 Å². The van der Waals surface area contributed by atoms with Crippen LogP contribution in [0.5, 0.6) is 0 Å². The molecule has 0 bridgehead atoms. The number of anilines is 1. The molecule has 5 nitrogen and oxygen atoms in total. The summed E-state index contributed by atoms with van der Waals surface area (Å²) in [4.78, 5) is 27.7. The van der Waals surface area contributed by atoms with Crippen molar-refractivity contribution in [1.82, 2.24) is 10.3 Å². The highest BCUT2D eigenvalue weighted by Crippen LogP contribution is 2.21. The number of nitrogens with one attached hydrogen (secondary N) is 2. The van der Waals surface area contributed by atoms with Gasteiger partial charge in [0, 0.05) is 35.7 Å². The molecule has 0 aliphatic carbocycles. The van der Waals surface area contributed by atoms with Gasteiger partial charge in [0.2, 0.25) is 5.91 Å². The molecule has 138 valence electrons. The summed E-state index contributed by atoms with van der Waals surface area (Å²) in [6.07, 6.45) is 0.756. The lowest BCUT2D eigenvalue weighted by Gasteiger charge is -2.07. The van der Waals surface area contributed by atoms with Gasteiger partial charge in [-0.15, -0.1) is 11.3 Å². The van der Waals surface area contributed by atoms with E-state index in [1.165, 1.54) is 6.92 Å². The van der Waals surface area contributed by atoms with Crippen molar-refractivity contribution in [2.24, 2.45) is 0 Å². The van der Waals surface area contributed by atoms with Crippen LogP contribution in [0.4, 0.5) is 5.69 Å². The quantitative estimate of drug-likeness (QED) is 0.679. The van der Waals surface area contributed by atoms with E-state index in [1.807, 2.05) is 6.92 Å². The number of aryl methyl sites for hydroxylation is 1. The normalized spacial score (nSPS) is 10.4. The fraction of sp³-hybridized carbons (Fsp3) is 0.190. The number of hydrogen-bond acceptors (Lipinski definition) is 4. The van der Waals surface area contributed by atoms with Crippen LogP contribution in [0, 0.1) is 6.92 Å². The summed E-state index contributed by atoms with van der Waals surface area (Å²) in [6.45, 7) is 4.01. The highest BCUT2D eigenvalue weighted by Gasteiger charge is 2.06. The smallest absolute Gasteiger partial charge is 0.251 e. The number of amides is 2. The summed E-state index contributed by atoms with van der Waals surface area (Å²) in [6, 6.07) is 15.1. The van der Waals surface area contributed by atoms with Crippen molar-refractivity contribution in [3.8, 4) is 11.3 Å². The minimum absolute atomic E-state index is 0.126. The van der Waals surface area contributed by atoms with Crippen LogP contribution in [0.15, 0.2) is 53.9 Å². The van der Waals surface area contributed by atoms with Gasteiger partial charge in [0.05, 0.1) is 10.7 Å². The maximum Gasteiger partial charge on any atom is 0.251 e. The third kappa shape index (κ3) is 5.24. The standard InChI is InChI=1S/C21H21N3O2S/c1-14(25)23-19-9-7-18(8-10-19)21(26)22-12-11-16-3-5-17(6-4-16)20-13-27-15(2)24-20/h3-10,13H,11-12H2,1-2H3,(H,22,26)(H,23,25). The Hall–Kier alpha value is -2.99. The topological polar surface area (TPSA) is 71.1 Å². The molecule has 1 aromatic heterocycles. The molecule has 6 heteroatoms. The van der Waals surface area contributed by atoms with Crippen LogP contribution in [0.25, 0.3) is 11.3 Å². The van der Waals surface area contributed by atoms with Crippen LogP contribution >= 0.6 is 11.3 Å². The first-order chi connectivity index (χ1) is 13.0. The lowest BCUT2D eigenvalue weighted by atomic mass is 10.1. The molecule has 27 heavy (non-hydrogen) atoms. The van der Waals surface area contributed by atoms with Crippen LogP contribution in [0.2, 0.25) is 0 Å². The minimum atomic E-state index is -0.136. The van der Waals surface area contributed by atoms with E-state index in [2.05, 4.69) is 45.3 Å². The zero-order valence-electron chi connectivity index (χ0n) is 15.3. The zero-order valence-corrected chi connectivity index (χ0v) is 16.1. The molecule has 2 N–H and O–H groups in total. The van der Waals surface area contributed by atoms with Crippen molar-refractivity contribution >= 4 is 28.8 Å². The molecule has 1 heterocycles. The van der Waals surface area contributed by atoms with Gasteiger partial charge < -0.3 is 10.6 Å². The lowest BCUT2D eigenvalue weighted by molar-refractivity contribution is -0.114. The van der Waals surface area contributed by atoms with E-state index in [1.54, 1.807) is 35.6 Å². The molecule has 0 saturated carbocycles. The summed E-state index contributed by atoms with van der Waals surface area (Å²) >= 11 is 1.64. The Kier molecular flexibility index (Phi) is 5.98. The van der Waals surface area contributed by atoms with Crippen molar-refractivity contribution in [2.75, 3.05) is 11.9 Å². The molecule has 2 aromatic carbocycles. The Bertz CT molecular complexity index is 931. The number of hydrogen-bond donors (Lipinski definition) is 2. The molecular formula is C21H21N3O2S. The number of carbonyl (C=O) groups excluding carboxylic acids is 2. The van der Waals surface area contributed by atoms with Crippen LogP contribution in [0.3, 0.4) is 0 Å². The van der Waals surface area contributed by atoms with Gasteiger partial charge in [-0.25, -0.2) is 4.98 Å². The molecule has 3 rings (SSSR count). The van der Waals surface area contributed by atoms with Gasteiger partial charge >= 0.3 is 0 Å². The molecule has 0 radical (unpaired) electrons. The first-order valence-corrected chi connectivity index (χ1v) is 9.56. The molecule has 0 aliphatic heterocycles. The van der Waals surface area contributed by atoms with Gasteiger partial charge in [0.15, 0.2) is 0 Å². The molecule has 0 saturated heterocycles. The van der Waals surface area contributed by atoms with Crippen molar-refractivity contribution in [2.45, 2.75) is 20.3 Å². The van der Waals surface area contributed by atoms with Gasteiger partial charge in [0.25, 0.3) is 5.91 Å². The van der Waals surface area contributed by atoms with Crippen molar-refractivity contribution in [3.05, 3.63) is 70.0 Å². The van der Waals surface area contributed by atoms with Gasteiger partial charge in [-0.05, 0) is 43.2 Å². The van der Waals surface area contributed by atoms with Crippen LogP contribution in [0.1, 0.15) is 27.9 Å². The molecular weight excluding hydrogens is 358 g/mol. The summed E-state index contributed by atoms with van der Waals surface area (Å²) in [5, 5.41) is 8.71. The van der Waals surface area contributed by atoms with Crippen molar-refractivity contribution < 1.29 is 9.59 Å². The molecule has 2 amide bonds. The van der Waals surface area contributed by atoms with Gasteiger partial charge in [-0.2, -0.15) is 0 Å². The van der Waals surface area contributed by atoms with E-state index >= 15 is 0 Å². The fourth-order valence-electron chi connectivity index (χ4n) is 2.67. The maximum atomic E-state index is 12.2. The lowest BCUT2D eigenvalue weighted by Crippen LogP contribution is -2.25. The first-order valence-electron chi connectivity index (χ1n) is 8.68. The Balaban J connectivity index is 1.50. The van der Waals surface area contributed by atoms with Crippen LogP contribution < -0.4 is 10.6 Å². The monoisotopic (exact) mass is 379 g/mol. The number of aromatic nitrogens is 1. The zero-order chi connectivity index (χ0) is 19.2. The predicted molar refractivity (Wildman–Crippen MR) is 109 cm³/mol. The van der Waals surface area contributed by atoms with Crippen LogP contribution in [-0.2, 0) is 11.2 Å². The molecule has 0 fully saturated rings. The second-order valence-corrected chi connectivity index (χ2v) is 7.28. The van der Waals surface area contributed by atoms with E-state index in [0.717, 1.165) is 28.2 Å². The van der Waals surface area contributed by atoms with E-state index in [-0.39, 0.29) is 11.8 Å². The van der Waals surface area contributed by atoms with E-state index < -0.39 is 0 Å². The van der Waals surface area contributed by atoms with Gasteiger partial charge in [-0.3, -0.25) is 9.59 Å². The Morgan fingerprint density at radius 1 is 1.04 bits per heavy atom. The van der Waals surface area contributed by atoms with Gasteiger partial charge in [0.1, 0.15) is 0 Å². The molecule has 0 atom stereocenters. The number of benzene rings is 2. The second-order valence-electron chi connectivity index (χ2n) is 6.21. The Morgan fingerprint density at radius 3 is 2.33 bits per heavy atom. The molecule has 0 unspecified atom stereocenters. The number of nitrogens with zero attached hydrogens (tertiary/aromatic N) is 1.